The number of allylic oxidation sites excluding steroid dienone is 1. The van der Waals surface area contributed by atoms with Crippen LogP contribution in [0.4, 0.5) is 0 Å². The Kier molecular flexibility index (Phi) is 5.39. The third kappa shape index (κ3) is 4.65. The summed E-state index contributed by atoms with van der Waals surface area (Å²) in [5, 5.41) is 18.7. The molecule has 0 unspecified atom stereocenters. The molecule has 0 aromatic heterocycles. The molecular weight excluding hydrogens is 336 g/mol. The predicted octanol–water partition coefficient (Wildman–Crippen LogP) is 5.13. The monoisotopic (exact) mass is 354 g/mol. The first kappa shape index (κ1) is 18.0. The average molecular weight is 354 g/mol. The summed E-state index contributed by atoms with van der Waals surface area (Å²) in [4.78, 5) is 10.9. The van der Waals surface area contributed by atoms with Gasteiger partial charge in [0.05, 0.1) is 5.56 Å². The van der Waals surface area contributed by atoms with Gasteiger partial charge in [0.2, 0.25) is 0 Å². The van der Waals surface area contributed by atoms with Gasteiger partial charge in [-0.1, -0.05) is 47.7 Å². The Morgan fingerprint density at radius 3 is 2.33 bits per heavy atom. The van der Waals surface area contributed by atoms with Gasteiger partial charge in [-0.05, 0) is 72.2 Å². The van der Waals surface area contributed by atoms with Crippen molar-refractivity contribution in [1.29, 1.82) is 0 Å². The maximum Gasteiger partial charge on any atom is 0.335 e. The number of hydrogen-bond acceptors (Lipinski definition) is 2. The molecule has 0 aliphatic carbocycles. The SMILES string of the molecule is Cc1ccc(-c2ccc(O)cc2/C=C/C#Cc2ccc(C(=O)O)cc2)cc1. The predicted molar refractivity (Wildman–Crippen MR) is 108 cm³/mol. The van der Waals surface area contributed by atoms with Crippen LogP contribution in [0, 0.1) is 18.8 Å². The lowest BCUT2D eigenvalue weighted by molar-refractivity contribution is 0.0697. The molecule has 27 heavy (non-hydrogen) atoms. The first-order valence-corrected chi connectivity index (χ1v) is 8.44. The van der Waals surface area contributed by atoms with Crippen LogP contribution >= 0.6 is 0 Å². The first-order chi connectivity index (χ1) is 13.0. The van der Waals surface area contributed by atoms with Crippen LogP contribution < -0.4 is 0 Å². The van der Waals surface area contributed by atoms with Crippen molar-refractivity contribution < 1.29 is 15.0 Å². The zero-order valence-electron chi connectivity index (χ0n) is 14.8. The van der Waals surface area contributed by atoms with Crippen molar-refractivity contribution in [2.45, 2.75) is 6.92 Å². The number of aromatic carboxylic acids is 1. The van der Waals surface area contributed by atoms with Gasteiger partial charge in [-0.25, -0.2) is 4.79 Å². The molecule has 3 aromatic carbocycles. The quantitative estimate of drug-likeness (QED) is 0.641. The minimum atomic E-state index is -0.957. The summed E-state index contributed by atoms with van der Waals surface area (Å²) in [6, 6.07) is 19.9. The second-order valence-electron chi connectivity index (χ2n) is 6.12. The van der Waals surface area contributed by atoms with Crippen molar-refractivity contribution in [2.24, 2.45) is 0 Å². The Balaban J connectivity index is 1.84. The number of aromatic hydroxyl groups is 1. The number of carboxylic acids is 1. The summed E-state index contributed by atoms with van der Waals surface area (Å²) in [6.07, 6.45) is 3.57. The van der Waals surface area contributed by atoms with E-state index in [9.17, 15) is 9.90 Å². The zero-order chi connectivity index (χ0) is 19.2. The van der Waals surface area contributed by atoms with Gasteiger partial charge < -0.3 is 10.2 Å². The Labute approximate surface area is 158 Å². The van der Waals surface area contributed by atoms with E-state index in [1.165, 1.54) is 17.7 Å². The van der Waals surface area contributed by atoms with Crippen LogP contribution in [0.25, 0.3) is 17.2 Å². The van der Waals surface area contributed by atoms with Crippen molar-refractivity contribution >= 4 is 12.0 Å². The van der Waals surface area contributed by atoms with Crippen LogP contribution in [-0.2, 0) is 0 Å². The lowest BCUT2D eigenvalue weighted by Gasteiger charge is -2.07. The molecule has 0 fully saturated rings. The first-order valence-electron chi connectivity index (χ1n) is 8.44. The molecule has 2 N–H and O–H groups in total. The van der Waals surface area contributed by atoms with E-state index in [4.69, 9.17) is 5.11 Å². The summed E-state index contributed by atoms with van der Waals surface area (Å²) in [5.74, 6) is 5.16. The molecule has 0 saturated heterocycles. The van der Waals surface area contributed by atoms with Crippen molar-refractivity contribution in [3.05, 3.63) is 95.1 Å². The van der Waals surface area contributed by atoms with Crippen molar-refractivity contribution in [2.75, 3.05) is 0 Å². The summed E-state index contributed by atoms with van der Waals surface area (Å²) < 4.78 is 0. The minimum absolute atomic E-state index is 0.197. The normalized spacial score (nSPS) is 10.4. The Morgan fingerprint density at radius 1 is 0.963 bits per heavy atom. The van der Waals surface area contributed by atoms with Gasteiger partial charge in [0.25, 0.3) is 0 Å². The Hall–Kier alpha value is -3.77. The maximum atomic E-state index is 10.9. The molecule has 3 aromatic rings. The summed E-state index contributed by atoms with van der Waals surface area (Å²) in [6.45, 7) is 2.04. The van der Waals surface area contributed by atoms with Gasteiger partial charge in [0.15, 0.2) is 0 Å². The number of phenolic OH excluding ortho intramolecular Hbond substituents is 1. The molecule has 3 nitrogen and oxygen atoms in total. The van der Waals surface area contributed by atoms with E-state index < -0.39 is 5.97 Å². The van der Waals surface area contributed by atoms with Crippen molar-refractivity contribution in [3.8, 4) is 28.7 Å². The molecule has 0 saturated carbocycles. The summed E-state index contributed by atoms with van der Waals surface area (Å²) in [7, 11) is 0. The van der Waals surface area contributed by atoms with Gasteiger partial charge in [-0.15, -0.1) is 0 Å². The number of phenols is 1. The number of hydrogen-bond donors (Lipinski definition) is 2. The molecule has 0 bridgehead atoms. The van der Waals surface area contributed by atoms with Gasteiger partial charge >= 0.3 is 5.97 Å². The molecule has 0 radical (unpaired) electrons. The number of carbonyl (C=O) groups is 1. The van der Waals surface area contributed by atoms with Crippen LogP contribution in [0.3, 0.4) is 0 Å². The van der Waals surface area contributed by atoms with Gasteiger partial charge in [0, 0.05) is 5.56 Å². The van der Waals surface area contributed by atoms with Crippen LogP contribution in [0.1, 0.15) is 27.0 Å². The third-order valence-corrected chi connectivity index (χ3v) is 4.09. The Morgan fingerprint density at radius 2 is 1.67 bits per heavy atom. The van der Waals surface area contributed by atoms with E-state index in [1.54, 1.807) is 30.3 Å². The second-order valence-corrected chi connectivity index (χ2v) is 6.12. The Bertz CT molecular complexity index is 1050. The molecule has 0 aliphatic heterocycles. The highest BCUT2D eigenvalue weighted by molar-refractivity contribution is 5.87. The van der Waals surface area contributed by atoms with Crippen LogP contribution in [0.15, 0.2) is 72.8 Å². The molecule has 0 spiro atoms. The minimum Gasteiger partial charge on any atom is -0.508 e. The van der Waals surface area contributed by atoms with Crippen LogP contribution in [0.5, 0.6) is 5.75 Å². The topological polar surface area (TPSA) is 57.5 Å². The fourth-order valence-electron chi connectivity index (χ4n) is 2.64. The fourth-order valence-corrected chi connectivity index (χ4v) is 2.64. The van der Waals surface area contributed by atoms with E-state index in [0.717, 1.165) is 22.3 Å². The lowest BCUT2D eigenvalue weighted by atomic mass is 9.98. The molecule has 0 amide bonds. The van der Waals surface area contributed by atoms with Crippen molar-refractivity contribution in [1.82, 2.24) is 0 Å². The van der Waals surface area contributed by atoms with Gasteiger partial charge in [-0.3, -0.25) is 0 Å². The number of benzene rings is 3. The lowest BCUT2D eigenvalue weighted by Crippen LogP contribution is -1.94. The highest BCUT2D eigenvalue weighted by Crippen LogP contribution is 2.28. The zero-order valence-corrected chi connectivity index (χ0v) is 14.8. The highest BCUT2D eigenvalue weighted by atomic mass is 16.4. The summed E-state index contributed by atoms with van der Waals surface area (Å²) >= 11 is 0. The molecular formula is C24H18O3. The standard InChI is InChI=1S/C24H18O3/c1-17-6-10-19(11-7-17)23-15-14-22(25)16-21(23)5-3-2-4-18-8-12-20(13-9-18)24(26)27/h3,5-16,25H,1H3,(H,26,27)/b5-3+. The number of carboxylic acid groups (broad SMARTS) is 1. The fraction of sp³-hybridized carbons (Fsp3) is 0.0417. The molecule has 3 rings (SSSR count). The van der Waals surface area contributed by atoms with E-state index in [1.807, 2.05) is 19.1 Å². The molecule has 0 heterocycles. The maximum absolute atomic E-state index is 10.9. The highest BCUT2D eigenvalue weighted by Gasteiger charge is 2.04. The smallest absolute Gasteiger partial charge is 0.335 e. The molecule has 132 valence electrons. The number of rotatable bonds is 3. The van der Waals surface area contributed by atoms with Crippen molar-refractivity contribution in [3.63, 3.8) is 0 Å². The second kappa shape index (κ2) is 8.07. The third-order valence-electron chi connectivity index (χ3n) is 4.09. The van der Waals surface area contributed by atoms with Gasteiger partial charge in [-0.2, -0.15) is 0 Å². The average Bonchev–Trinajstić information content (AvgIpc) is 2.66. The molecule has 0 atom stereocenters. The van der Waals surface area contributed by atoms with Crippen LogP contribution in [0.2, 0.25) is 0 Å². The van der Waals surface area contributed by atoms with Crippen LogP contribution in [-0.4, -0.2) is 16.2 Å². The summed E-state index contributed by atoms with van der Waals surface area (Å²) in [5.41, 5.74) is 5.11. The van der Waals surface area contributed by atoms with Gasteiger partial charge in [0.1, 0.15) is 5.75 Å². The molecule has 0 aliphatic rings. The number of aryl methyl sites for hydroxylation is 1. The van der Waals surface area contributed by atoms with E-state index >= 15 is 0 Å². The van der Waals surface area contributed by atoms with E-state index in [2.05, 4.69) is 36.1 Å². The van der Waals surface area contributed by atoms with E-state index in [-0.39, 0.29) is 11.3 Å². The largest absolute Gasteiger partial charge is 0.508 e. The van der Waals surface area contributed by atoms with E-state index in [0.29, 0.717) is 0 Å². The molecule has 3 heteroatoms.